The molecule has 0 unspecified atom stereocenters. The first kappa shape index (κ1) is 13.3. The second-order valence-corrected chi connectivity index (χ2v) is 4.18. The predicted octanol–water partition coefficient (Wildman–Crippen LogP) is 0.888. The van der Waals surface area contributed by atoms with Crippen molar-refractivity contribution < 1.29 is 28.2 Å². The highest BCUT2D eigenvalue weighted by Gasteiger charge is 2.42. The van der Waals surface area contributed by atoms with Crippen LogP contribution < -0.4 is 10.1 Å². The van der Waals surface area contributed by atoms with Gasteiger partial charge in [0.15, 0.2) is 11.6 Å². The summed E-state index contributed by atoms with van der Waals surface area (Å²) in [4.78, 5) is 22.4. The van der Waals surface area contributed by atoms with E-state index in [1.54, 1.807) is 0 Å². The standard InChI is InChI=1S/C12H11F2NO4/c1-19-9-3-7(13)5(2-8(9)14)6-4-15-11(16)10(6)12(17)18/h2-3,6,10H,4H2,1H3,(H,15,16)(H,17,18)/t6-,10-/m1/s1. The van der Waals surface area contributed by atoms with E-state index in [4.69, 9.17) is 5.11 Å². The van der Waals surface area contributed by atoms with Gasteiger partial charge in [-0.1, -0.05) is 0 Å². The molecule has 1 aliphatic rings. The number of ether oxygens (including phenoxy) is 1. The molecule has 102 valence electrons. The summed E-state index contributed by atoms with van der Waals surface area (Å²) in [6.07, 6.45) is 0. The summed E-state index contributed by atoms with van der Waals surface area (Å²) in [7, 11) is 1.19. The number of halogens is 2. The molecule has 1 amide bonds. The van der Waals surface area contributed by atoms with Crippen LogP contribution >= 0.6 is 0 Å². The fourth-order valence-electron chi connectivity index (χ4n) is 2.18. The summed E-state index contributed by atoms with van der Waals surface area (Å²) in [5.41, 5.74) is -0.149. The maximum Gasteiger partial charge on any atom is 0.316 e. The Hall–Kier alpha value is -2.18. The van der Waals surface area contributed by atoms with Crippen molar-refractivity contribution in [3.63, 3.8) is 0 Å². The number of carbonyl (C=O) groups excluding carboxylic acids is 1. The Morgan fingerprint density at radius 3 is 2.68 bits per heavy atom. The lowest BCUT2D eigenvalue weighted by Gasteiger charge is -2.15. The minimum atomic E-state index is -1.41. The normalized spacial score (nSPS) is 22.2. The molecule has 1 fully saturated rings. The highest BCUT2D eigenvalue weighted by atomic mass is 19.1. The fraction of sp³-hybridized carbons (Fsp3) is 0.333. The monoisotopic (exact) mass is 271 g/mol. The van der Waals surface area contributed by atoms with Crippen molar-refractivity contribution >= 4 is 11.9 Å². The summed E-state index contributed by atoms with van der Waals surface area (Å²) >= 11 is 0. The van der Waals surface area contributed by atoms with E-state index in [0.717, 1.165) is 12.1 Å². The van der Waals surface area contributed by atoms with Gasteiger partial charge in [-0.2, -0.15) is 0 Å². The van der Waals surface area contributed by atoms with Crippen molar-refractivity contribution in [3.05, 3.63) is 29.3 Å². The van der Waals surface area contributed by atoms with E-state index in [1.165, 1.54) is 7.11 Å². The summed E-state index contributed by atoms with van der Waals surface area (Å²) in [5.74, 6) is -6.30. The van der Waals surface area contributed by atoms with Gasteiger partial charge in [0.2, 0.25) is 5.91 Å². The minimum Gasteiger partial charge on any atom is -0.494 e. The zero-order valence-corrected chi connectivity index (χ0v) is 9.94. The van der Waals surface area contributed by atoms with E-state index in [-0.39, 0.29) is 17.9 Å². The third-order valence-electron chi connectivity index (χ3n) is 3.12. The van der Waals surface area contributed by atoms with Gasteiger partial charge in [-0.25, -0.2) is 8.78 Å². The molecule has 19 heavy (non-hydrogen) atoms. The summed E-state index contributed by atoms with van der Waals surface area (Å²) in [6.45, 7) is -0.0432. The molecule has 1 aliphatic heterocycles. The molecule has 0 bridgehead atoms. The zero-order valence-electron chi connectivity index (χ0n) is 9.94. The first-order valence-corrected chi connectivity index (χ1v) is 5.49. The molecule has 0 radical (unpaired) electrons. The SMILES string of the molecule is COc1cc(F)c([C@H]2CNC(=O)[C@@H]2C(=O)O)cc1F. The molecular formula is C12H11F2NO4. The van der Waals surface area contributed by atoms with Crippen molar-refractivity contribution in [1.82, 2.24) is 5.32 Å². The summed E-state index contributed by atoms with van der Waals surface area (Å²) < 4.78 is 32.0. The molecule has 7 heteroatoms. The van der Waals surface area contributed by atoms with E-state index < -0.39 is 35.3 Å². The number of hydrogen-bond acceptors (Lipinski definition) is 3. The van der Waals surface area contributed by atoms with Crippen LogP contribution in [0.15, 0.2) is 12.1 Å². The predicted molar refractivity (Wildman–Crippen MR) is 59.8 cm³/mol. The van der Waals surface area contributed by atoms with Gasteiger partial charge in [-0.05, 0) is 11.6 Å². The van der Waals surface area contributed by atoms with Crippen LogP contribution in [-0.2, 0) is 9.59 Å². The molecule has 5 nitrogen and oxygen atoms in total. The van der Waals surface area contributed by atoms with Crippen molar-refractivity contribution in [2.75, 3.05) is 13.7 Å². The Bertz CT molecular complexity index is 547. The van der Waals surface area contributed by atoms with Gasteiger partial charge in [0.25, 0.3) is 0 Å². The number of nitrogens with one attached hydrogen (secondary N) is 1. The molecular weight excluding hydrogens is 260 g/mol. The maximum absolute atomic E-state index is 13.9. The topological polar surface area (TPSA) is 75.6 Å². The Labute approximate surface area is 107 Å². The van der Waals surface area contributed by atoms with Crippen LogP contribution in [0, 0.1) is 17.6 Å². The van der Waals surface area contributed by atoms with E-state index in [2.05, 4.69) is 10.1 Å². The average molecular weight is 271 g/mol. The lowest BCUT2D eigenvalue weighted by atomic mass is 9.88. The van der Waals surface area contributed by atoms with E-state index in [0.29, 0.717) is 0 Å². The molecule has 1 aromatic rings. The van der Waals surface area contributed by atoms with Crippen LogP contribution in [0.3, 0.4) is 0 Å². The van der Waals surface area contributed by atoms with Crippen molar-refractivity contribution in [3.8, 4) is 5.75 Å². The van der Waals surface area contributed by atoms with E-state index in [9.17, 15) is 18.4 Å². The van der Waals surface area contributed by atoms with Crippen LogP contribution in [0.25, 0.3) is 0 Å². The third kappa shape index (κ3) is 2.23. The number of methoxy groups -OCH3 is 1. The summed E-state index contributed by atoms with van der Waals surface area (Å²) in [6, 6.07) is 1.71. The van der Waals surface area contributed by atoms with Crippen molar-refractivity contribution in [2.24, 2.45) is 5.92 Å². The fourth-order valence-corrected chi connectivity index (χ4v) is 2.18. The highest BCUT2D eigenvalue weighted by Crippen LogP contribution is 2.33. The molecule has 0 aliphatic carbocycles. The first-order valence-electron chi connectivity index (χ1n) is 5.49. The smallest absolute Gasteiger partial charge is 0.316 e. The highest BCUT2D eigenvalue weighted by molar-refractivity contribution is 5.99. The van der Waals surface area contributed by atoms with Crippen molar-refractivity contribution in [1.29, 1.82) is 0 Å². The molecule has 1 heterocycles. The molecule has 2 atom stereocenters. The lowest BCUT2D eigenvalue weighted by Crippen LogP contribution is -2.27. The van der Waals surface area contributed by atoms with Gasteiger partial charge in [0.05, 0.1) is 7.11 Å². The van der Waals surface area contributed by atoms with Crippen LogP contribution in [-0.4, -0.2) is 30.6 Å². The molecule has 2 rings (SSSR count). The minimum absolute atomic E-state index is 0.0432. The van der Waals surface area contributed by atoms with Gasteiger partial charge in [0.1, 0.15) is 11.7 Å². The second kappa shape index (κ2) is 4.83. The van der Waals surface area contributed by atoms with E-state index >= 15 is 0 Å². The Morgan fingerprint density at radius 2 is 2.11 bits per heavy atom. The second-order valence-electron chi connectivity index (χ2n) is 4.18. The number of carboxylic acids is 1. The number of carbonyl (C=O) groups is 2. The van der Waals surface area contributed by atoms with Gasteiger partial charge in [0, 0.05) is 18.5 Å². The first-order chi connectivity index (χ1) is 8.95. The van der Waals surface area contributed by atoms with Crippen LogP contribution in [0.4, 0.5) is 8.78 Å². The van der Waals surface area contributed by atoms with Gasteiger partial charge < -0.3 is 15.2 Å². The quantitative estimate of drug-likeness (QED) is 0.800. The lowest BCUT2D eigenvalue weighted by molar-refractivity contribution is -0.145. The maximum atomic E-state index is 13.9. The zero-order chi connectivity index (χ0) is 14.2. The molecule has 0 spiro atoms. The number of benzene rings is 1. The molecule has 0 saturated carbocycles. The Balaban J connectivity index is 2.44. The Morgan fingerprint density at radius 1 is 1.42 bits per heavy atom. The summed E-state index contributed by atoms with van der Waals surface area (Å²) in [5, 5.41) is 11.3. The Kier molecular flexibility index (Phi) is 3.37. The molecule has 1 saturated heterocycles. The third-order valence-corrected chi connectivity index (χ3v) is 3.12. The van der Waals surface area contributed by atoms with E-state index in [1.807, 2.05) is 0 Å². The number of carboxylic acid groups (broad SMARTS) is 1. The van der Waals surface area contributed by atoms with Gasteiger partial charge in [-0.15, -0.1) is 0 Å². The van der Waals surface area contributed by atoms with Gasteiger partial charge >= 0.3 is 5.97 Å². The van der Waals surface area contributed by atoms with Crippen LogP contribution in [0.1, 0.15) is 11.5 Å². The molecule has 1 aromatic carbocycles. The number of hydrogen-bond donors (Lipinski definition) is 2. The number of rotatable bonds is 3. The van der Waals surface area contributed by atoms with Crippen LogP contribution in [0.2, 0.25) is 0 Å². The molecule has 2 N–H and O–H groups in total. The molecule has 0 aromatic heterocycles. The van der Waals surface area contributed by atoms with Gasteiger partial charge in [-0.3, -0.25) is 9.59 Å². The number of aliphatic carboxylic acids is 1. The number of amides is 1. The largest absolute Gasteiger partial charge is 0.494 e. The average Bonchev–Trinajstić information content (AvgIpc) is 2.73. The van der Waals surface area contributed by atoms with Crippen molar-refractivity contribution in [2.45, 2.75) is 5.92 Å². The van der Waals surface area contributed by atoms with Crippen LogP contribution in [0.5, 0.6) is 5.75 Å².